The molecule has 9 heteroatoms. The molecule has 2 N–H and O–H groups in total. The van der Waals surface area contributed by atoms with Gasteiger partial charge in [-0.1, -0.05) is 0 Å². The number of carbonyl (C=O) groups excluding carboxylic acids is 1. The SMILES string of the molecule is COC(=O)CCCN(C)S(=O)(=O)c1cc(N)cc(Br)c1F. The highest BCUT2D eigenvalue weighted by Gasteiger charge is 2.26. The molecule has 0 aromatic heterocycles. The lowest BCUT2D eigenvalue weighted by Crippen LogP contribution is -2.29. The van der Waals surface area contributed by atoms with Gasteiger partial charge in [0.25, 0.3) is 0 Å². The molecule has 0 heterocycles. The van der Waals surface area contributed by atoms with Gasteiger partial charge in [0.05, 0.1) is 11.6 Å². The molecular formula is C12H16BrFN2O4S. The molecular weight excluding hydrogens is 367 g/mol. The summed E-state index contributed by atoms with van der Waals surface area (Å²) in [6.07, 6.45) is 0.354. The van der Waals surface area contributed by atoms with Gasteiger partial charge >= 0.3 is 5.97 Å². The summed E-state index contributed by atoms with van der Waals surface area (Å²) < 4.78 is 44.0. The van der Waals surface area contributed by atoms with Gasteiger partial charge in [0, 0.05) is 25.7 Å². The number of nitrogens with zero attached hydrogens (tertiary/aromatic N) is 1. The van der Waals surface area contributed by atoms with E-state index in [0.29, 0.717) is 0 Å². The van der Waals surface area contributed by atoms with Crippen LogP contribution in [0.2, 0.25) is 0 Å². The lowest BCUT2D eigenvalue weighted by atomic mass is 10.3. The maximum Gasteiger partial charge on any atom is 0.305 e. The fourth-order valence-electron chi connectivity index (χ4n) is 1.61. The second kappa shape index (κ2) is 7.19. The predicted molar refractivity (Wildman–Crippen MR) is 79.6 cm³/mol. The number of carbonyl (C=O) groups is 1. The van der Waals surface area contributed by atoms with E-state index in [1.807, 2.05) is 0 Å². The molecule has 0 amide bonds. The molecule has 0 aliphatic heterocycles. The van der Waals surface area contributed by atoms with Gasteiger partial charge in [-0.25, -0.2) is 17.1 Å². The van der Waals surface area contributed by atoms with Crippen LogP contribution < -0.4 is 5.73 Å². The van der Waals surface area contributed by atoms with E-state index in [1.54, 1.807) is 0 Å². The first kappa shape index (κ1) is 17.9. The first-order valence-corrected chi connectivity index (χ1v) is 8.21. The van der Waals surface area contributed by atoms with Crippen molar-refractivity contribution < 1.29 is 22.3 Å². The van der Waals surface area contributed by atoms with Crippen molar-refractivity contribution in [2.24, 2.45) is 0 Å². The molecule has 6 nitrogen and oxygen atoms in total. The monoisotopic (exact) mass is 382 g/mol. The van der Waals surface area contributed by atoms with E-state index >= 15 is 0 Å². The van der Waals surface area contributed by atoms with Crippen molar-refractivity contribution in [2.75, 3.05) is 26.4 Å². The van der Waals surface area contributed by atoms with Gasteiger partial charge in [-0.05, 0) is 34.5 Å². The fraction of sp³-hybridized carbons (Fsp3) is 0.417. The zero-order valence-electron chi connectivity index (χ0n) is 11.6. The molecule has 0 aliphatic rings. The van der Waals surface area contributed by atoms with Crippen LogP contribution in [-0.2, 0) is 19.6 Å². The third-order valence-corrected chi connectivity index (χ3v) is 5.22. The Labute approximate surface area is 131 Å². The van der Waals surface area contributed by atoms with E-state index in [-0.39, 0.29) is 29.5 Å². The first-order valence-electron chi connectivity index (χ1n) is 5.97. The molecule has 0 bridgehead atoms. The molecule has 0 fully saturated rings. The van der Waals surface area contributed by atoms with Crippen molar-refractivity contribution >= 4 is 37.6 Å². The molecule has 0 saturated heterocycles. The van der Waals surface area contributed by atoms with E-state index in [4.69, 9.17) is 5.73 Å². The van der Waals surface area contributed by atoms with Crippen molar-refractivity contribution in [1.82, 2.24) is 4.31 Å². The second-order valence-corrected chi connectivity index (χ2v) is 7.19. The Morgan fingerprint density at radius 3 is 2.67 bits per heavy atom. The van der Waals surface area contributed by atoms with Crippen LogP contribution in [0.4, 0.5) is 10.1 Å². The van der Waals surface area contributed by atoms with E-state index in [1.165, 1.54) is 20.2 Å². The fourth-order valence-corrected chi connectivity index (χ4v) is 3.54. The summed E-state index contributed by atoms with van der Waals surface area (Å²) in [5, 5.41) is 0. The van der Waals surface area contributed by atoms with Crippen molar-refractivity contribution in [3.05, 3.63) is 22.4 Å². The number of nitrogen functional groups attached to an aromatic ring is 1. The number of ether oxygens (including phenoxy) is 1. The number of esters is 1. The van der Waals surface area contributed by atoms with Gasteiger partial charge in [0.2, 0.25) is 10.0 Å². The van der Waals surface area contributed by atoms with Gasteiger partial charge in [-0.15, -0.1) is 0 Å². The quantitative estimate of drug-likeness (QED) is 0.597. The summed E-state index contributed by atoms with van der Waals surface area (Å²) in [7, 11) is -1.46. The van der Waals surface area contributed by atoms with Crippen molar-refractivity contribution in [3.8, 4) is 0 Å². The summed E-state index contributed by atoms with van der Waals surface area (Å²) in [6.45, 7) is 0.0588. The zero-order chi connectivity index (χ0) is 16.2. The predicted octanol–water partition coefficient (Wildman–Crippen LogP) is 1.74. The van der Waals surface area contributed by atoms with Crippen LogP contribution in [0.1, 0.15) is 12.8 Å². The van der Waals surface area contributed by atoms with Crippen LogP contribution in [0.3, 0.4) is 0 Å². The number of methoxy groups -OCH3 is 1. The number of rotatable bonds is 6. The lowest BCUT2D eigenvalue weighted by molar-refractivity contribution is -0.140. The molecule has 0 spiro atoms. The minimum Gasteiger partial charge on any atom is -0.469 e. The van der Waals surface area contributed by atoms with Crippen molar-refractivity contribution in [3.63, 3.8) is 0 Å². The summed E-state index contributed by atoms with van der Waals surface area (Å²) in [5.74, 6) is -1.33. The van der Waals surface area contributed by atoms with Gasteiger partial charge in [0.15, 0.2) is 5.82 Å². The summed E-state index contributed by atoms with van der Waals surface area (Å²) in [5.41, 5.74) is 5.67. The molecule has 118 valence electrons. The second-order valence-electron chi connectivity index (χ2n) is 4.32. The van der Waals surface area contributed by atoms with E-state index in [9.17, 15) is 17.6 Å². The minimum absolute atomic E-state index is 0.0240. The molecule has 0 saturated carbocycles. The lowest BCUT2D eigenvalue weighted by Gasteiger charge is -2.18. The number of halogens is 2. The number of sulfonamides is 1. The number of hydrogen-bond donors (Lipinski definition) is 1. The Bertz CT molecular complexity index is 636. The van der Waals surface area contributed by atoms with Gasteiger partial charge in [-0.3, -0.25) is 4.79 Å². The smallest absolute Gasteiger partial charge is 0.305 e. The Hall–Kier alpha value is -1.19. The standard InChI is InChI=1S/C12H16BrFN2O4S/c1-16(5-3-4-11(17)20-2)21(18,19)10-7-8(15)6-9(13)12(10)14/h6-7H,3-5,15H2,1-2H3. The van der Waals surface area contributed by atoms with Crippen molar-refractivity contribution in [1.29, 1.82) is 0 Å². The number of hydrogen-bond acceptors (Lipinski definition) is 5. The van der Waals surface area contributed by atoms with E-state index in [0.717, 1.165) is 10.4 Å². The number of anilines is 1. The molecule has 21 heavy (non-hydrogen) atoms. The highest BCUT2D eigenvalue weighted by molar-refractivity contribution is 9.10. The Morgan fingerprint density at radius 1 is 1.48 bits per heavy atom. The van der Waals surface area contributed by atoms with Gasteiger partial charge in [-0.2, -0.15) is 0 Å². The van der Waals surface area contributed by atoms with E-state index in [2.05, 4.69) is 20.7 Å². The number of benzene rings is 1. The van der Waals surface area contributed by atoms with Crippen LogP contribution in [0.15, 0.2) is 21.5 Å². The molecule has 0 atom stereocenters. The van der Waals surface area contributed by atoms with E-state index < -0.39 is 26.7 Å². The summed E-state index contributed by atoms with van der Waals surface area (Å²) >= 11 is 2.92. The zero-order valence-corrected chi connectivity index (χ0v) is 14.0. The first-order chi connectivity index (χ1) is 9.70. The average Bonchev–Trinajstić information content (AvgIpc) is 2.42. The van der Waals surface area contributed by atoms with Crippen LogP contribution in [0, 0.1) is 5.82 Å². The third kappa shape index (κ3) is 4.39. The Balaban J connectivity index is 2.93. The maximum atomic E-state index is 14.0. The summed E-state index contributed by atoms with van der Waals surface area (Å²) in [6, 6.07) is 2.35. The topological polar surface area (TPSA) is 89.7 Å². The Morgan fingerprint density at radius 2 is 2.10 bits per heavy atom. The van der Waals surface area contributed by atoms with Crippen LogP contribution >= 0.6 is 15.9 Å². The molecule has 1 rings (SSSR count). The summed E-state index contributed by atoms with van der Waals surface area (Å²) in [4.78, 5) is 10.5. The third-order valence-electron chi connectivity index (χ3n) is 2.79. The normalized spacial score (nSPS) is 11.7. The average molecular weight is 383 g/mol. The van der Waals surface area contributed by atoms with Crippen LogP contribution in [0.25, 0.3) is 0 Å². The molecule has 0 unspecified atom stereocenters. The van der Waals surface area contributed by atoms with Crippen molar-refractivity contribution in [2.45, 2.75) is 17.7 Å². The molecule has 1 aromatic rings. The molecule has 0 radical (unpaired) electrons. The molecule has 1 aromatic carbocycles. The number of nitrogens with two attached hydrogens (primary N) is 1. The maximum absolute atomic E-state index is 14.0. The Kier molecular flexibility index (Phi) is 6.11. The highest BCUT2D eigenvalue weighted by atomic mass is 79.9. The van der Waals surface area contributed by atoms with Gasteiger partial charge in [0.1, 0.15) is 4.90 Å². The van der Waals surface area contributed by atoms with Gasteiger partial charge < -0.3 is 10.5 Å². The largest absolute Gasteiger partial charge is 0.469 e. The minimum atomic E-state index is -4.02. The van der Waals surface area contributed by atoms with Crippen LogP contribution in [0.5, 0.6) is 0 Å². The van der Waals surface area contributed by atoms with Crippen LogP contribution in [-0.4, -0.2) is 39.4 Å². The molecule has 0 aliphatic carbocycles. The highest BCUT2D eigenvalue weighted by Crippen LogP contribution is 2.27.